The number of phenolic OH excluding ortho intramolecular Hbond substituents is 1. The molecule has 3 aromatic rings. The second-order valence-electron chi connectivity index (χ2n) is 6.84. The minimum Gasteiger partial charge on any atom is -0.506 e. The monoisotopic (exact) mass is 396 g/mol. The fourth-order valence-electron chi connectivity index (χ4n) is 3.38. The number of nitrogens with zero attached hydrogens (tertiary/aromatic N) is 2. The molecule has 1 aromatic carbocycles. The maximum atomic E-state index is 13.3. The summed E-state index contributed by atoms with van der Waals surface area (Å²) in [5.41, 5.74) is 1.95. The van der Waals surface area contributed by atoms with Gasteiger partial charge in [-0.15, -0.1) is 0 Å². The Morgan fingerprint density at radius 2 is 2.07 bits per heavy atom. The first-order valence-electron chi connectivity index (χ1n) is 9.53. The van der Waals surface area contributed by atoms with E-state index in [1.807, 2.05) is 30.7 Å². The molecule has 0 aliphatic heterocycles. The van der Waals surface area contributed by atoms with Gasteiger partial charge in [-0.05, 0) is 45.1 Å². The molecule has 0 fully saturated rings. The van der Waals surface area contributed by atoms with E-state index >= 15 is 0 Å². The zero-order valence-electron chi connectivity index (χ0n) is 17.1. The summed E-state index contributed by atoms with van der Waals surface area (Å²) in [6.45, 7) is 10.2. The van der Waals surface area contributed by atoms with Crippen molar-refractivity contribution in [2.75, 3.05) is 13.6 Å². The predicted molar refractivity (Wildman–Crippen MR) is 115 cm³/mol. The number of furan rings is 1. The zero-order chi connectivity index (χ0) is 21.3. The van der Waals surface area contributed by atoms with E-state index in [1.54, 1.807) is 18.0 Å². The number of fused-ring (bicyclic) bond motifs is 3. The van der Waals surface area contributed by atoms with E-state index in [1.165, 1.54) is 25.2 Å². The van der Waals surface area contributed by atoms with E-state index in [9.17, 15) is 14.3 Å². The lowest BCUT2D eigenvalue weighted by molar-refractivity contribution is 0.0803. The van der Waals surface area contributed by atoms with E-state index in [0.29, 0.717) is 51.9 Å². The molecule has 5 nitrogen and oxygen atoms in total. The molecule has 152 valence electrons. The molecule has 0 saturated carbocycles. The van der Waals surface area contributed by atoms with Gasteiger partial charge < -0.3 is 19.0 Å². The summed E-state index contributed by atoms with van der Waals surface area (Å²) in [4.78, 5) is 14.7. The Bertz CT molecular complexity index is 1160. The van der Waals surface area contributed by atoms with Gasteiger partial charge in [0.2, 0.25) is 0 Å². The van der Waals surface area contributed by atoms with Crippen molar-refractivity contribution < 1.29 is 18.7 Å². The molecule has 1 N–H and O–H groups in total. The van der Waals surface area contributed by atoms with E-state index in [0.717, 1.165) is 0 Å². The maximum Gasteiger partial charge on any atom is 0.258 e. The van der Waals surface area contributed by atoms with Crippen LogP contribution < -0.4 is 0 Å². The SMILES string of the molecule is C=C/C(=C\C=C(/C)F)c1oc2c(cc(O)c3c2ccn3CC)c1C(=O)N(C)CC. The summed E-state index contributed by atoms with van der Waals surface area (Å²) in [5.74, 6) is -0.250. The van der Waals surface area contributed by atoms with Crippen LogP contribution in [0.4, 0.5) is 4.39 Å². The number of aryl methyl sites for hydroxylation is 1. The molecule has 0 atom stereocenters. The number of benzene rings is 1. The van der Waals surface area contributed by atoms with Gasteiger partial charge in [0.05, 0.1) is 16.9 Å². The Morgan fingerprint density at radius 3 is 2.66 bits per heavy atom. The van der Waals surface area contributed by atoms with Crippen molar-refractivity contribution in [2.24, 2.45) is 0 Å². The highest BCUT2D eigenvalue weighted by Gasteiger charge is 2.27. The van der Waals surface area contributed by atoms with Gasteiger partial charge >= 0.3 is 0 Å². The number of amides is 1. The fourth-order valence-corrected chi connectivity index (χ4v) is 3.38. The number of halogens is 1. The van der Waals surface area contributed by atoms with Crippen LogP contribution in [0, 0.1) is 0 Å². The largest absolute Gasteiger partial charge is 0.506 e. The molecule has 0 bridgehead atoms. The van der Waals surface area contributed by atoms with Crippen molar-refractivity contribution in [3.05, 3.63) is 60.3 Å². The van der Waals surface area contributed by atoms with Gasteiger partial charge in [-0.25, -0.2) is 4.39 Å². The highest BCUT2D eigenvalue weighted by atomic mass is 19.1. The number of hydrogen-bond acceptors (Lipinski definition) is 3. The van der Waals surface area contributed by atoms with Crippen LogP contribution in [-0.2, 0) is 6.54 Å². The van der Waals surface area contributed by atoms with Crippen LogP contribution in [0.1, 0.15) is 36.9 Å². The smallest absolute Gasteiger partial charge is 0.258 e. The molecule has 2 heterocycles. The van der Waals surface area contributed by atoms with Crippen LogP contribution in [0.25, 0.3) is 27.4 Å². The van der Waals surface area contributed by atoms with Crippen LogP contribution in [0.15, 0.2) is 53.4 Å². The summed E-state index contributed by atoms with van der Waals surface area (Å²) in [7, 11) is 1.69. The molecule has 6 heteroatoms. The van der Waals surface area contributed by atoms with E-state index in [2.05, 4.69) is 6.58 Å². The highest BCUT2D eigenvalue weighted by molar-refractivity contribution is 6.17. The number of rotatable bonds is 6. The van der Waals surface area contributed by atoms with Crippen molar-refractivity contribution in [3.63, 3.8) is 0 Å². The Balaban J connectivity index is 2.43. The standard InChI is InChI=1S/C23H25FN2O3/c1-6-15(10-9-14(4)24)21-19(23(28)25(5)7-2)17-13-18(27)20-16(22(17)29-21)11-12-26(20)8-3/h6,9-13,27H,1,7-8H2,2-5H3/b14-9+,15-10+. The molecule has 0 aliphatic rings. The lowest BCUT2D eigenvalue weighted by atomic mass is 10.0. The van der Waals surface area contributed by atoms with E-state index in [4.69, 9.17) is 4.42 Å². The minimum absolute atomic E-state index is 0.0727. The molecule has 0 spiro atoms. The van der Waals surface area contributed by atoms with Gasteiger partial charge in [-0.2, -0.15) is 0 Å². The zero-order valence-corrected chi connectivity index (χ0v) is 17.1. The lowest BCUT2D eigenvalue weighted by Gasteiger charge is -2.15. The Morgan fingerprint density at radius 1 is 1.34 bits per heavy atom. The average Bonchev–Trinajstić information content (AvgIpc) is 3.29. The third kappa shape index (κ3) is 3.46. The quantitative estimate of drug-likeness (QED) is 0.548. The van der Waals surface area contributed by atoms with Gasteiger partial charge in [-0.1, -0.05) is 12.7 Å². The van der Waals surface area contributed by atoms with Crippen molar-refractivity contribution in [3.8, 4) is 5.75 Å². The average molecular weight is 396 g/mol. The van der Waals surface area contributed by atoms with Gasteiger partial charge in [-0.3, -0.25) is 4.79 Å². The van der Waals surface area contributed by atoms with Gasteiger partial charge in [0, 0.05) is 42.7 Å². The maximum absolute atomic E-state index is 13.3. The number of carbonyl (C=O) groups is 1. The molecule has 0 aliphatic carbocycles. The number of allylic oxidation sites excluding steroid dienone is 5. The number of carbonyl (C=O) groups excluding carboxylic acids is 1. The third-order valence-corrected chi connectivity index (χ3v) is 5.03. The Labute approximate surface area is 169 Å². The number of aromatic hydroxyl groups is 1. The summed E-state index contributed by atoms with van der Waals surface area (Å²) < 4.78 is 21.4. The van der Waals surface area contributed by atoms with E-state index < -0.39 is 0 Å². The Hall–Kier alpha value is -3.28. The number of hydrogen-bond donors (Lipinski definition) is 1. The van der Waals surface area contributed by atoms with Crippen molar-refractivity contribution >= 4 is 33.4 Å². The van der Waals surface area contributed by atoms with Gasteiger partial charge in [0.25, 0.3) is 5.91 Å². The first-order chi connectivity index (χ1) is 13.8. The van der Waals surface area contributed by atoms with Gasteiger partial charge in [0.1, 0.15) is 17.1 Å². The molecule has 0 saturated heterocycles. The third-order valence-electron chi connectivity index (χ3n) is 5.03. The highest BCUT2D eigenvalue weighted by Crippen LogP contribution is 2.40. The second-order valence-corrected chi connectivity index (χ2v) is 6.84. The minimum atomic E-state index is -0.376. The fraction of sp³-hybridized carbons (Fsp3) is 0.261. The molecule has 3 rings (SSSR count). The summed E-state index contributed by atoms with van der Waals surface area (Å²) >= 11 is 0. The predicted octanol–water partition coefficient (Wildman–Crippen LogP) is 5.65. The van der Waals surface area contributed by atoms with Crippen LogP contribution in [0.3, 0.4) is 0 Å². The first-order valence-corrected chi connectivity index (χ1v) is 9.53. The molecular weight excluding hydrogens is 371 g/mol. The molecule has 1 amide bonds. The summed E-state index contributed by atoms with van der Waals surface area (Å²) in [5, 5.41) is 11.9. The van der Waals surface area contributed by atoms with Crippen LogP contribution in [0.5, 0.6) is 5.75 Å². The van der Waals surface area contributed by atoms with Crippen LogP contribution in [-0.4, -0.2) is 34.1 Å². The van der Waals surface area contributed by atoms with Crippen molar-refractivity contribution in [1.82, 2.24) is 9.47 Å². The van der Waals surface area contributed by atoms with E-state index in [-0.39, 0.29) is 17.5 Å². The molecular formula is C23H25FN2O3. The normalized spacial score (nSPS) is 12.7. The van der Waals surface area contributed by atoms with Crippen LogP contribution >= 0.6 is 0 Å². The number of aromatic nitrogens is 1. The summed E-state index contributed by atoms with van der Waals surface area (Å²) in [6, 6.07) is 3.42. The molecule has 2 aromatic heterocycles. The molecule has 0 radical (unpaired) electrons. The van der Waals surface area contributed by atoms with Crippen molar-refractivity contribution in [2.45, 2.75) is 27.3 Å². The van der Waals surface area contributed by atoms with Crippen molar-refractivity contribution in [1.29, 1.82) is 0 Å². The number of phenols is 1. The second kappa shape index (κ2) is 7.99. The topological polar surface area (TPSA) is 58.6 Å². The lowest BCUT2D eigenvalue weighted by Crippen LogP contribution is -2.26. The first kappa shape index (κ1) is 20.5. The Kier molecular flexibility index (Phi) is 5.64. The van der Waals surface area contributed by atoms with Crippen LogP contribution in [0.2, 0.25) is 0 Å². The molecule has 29 heavy (non-hydrogen) atoms. The molecule has 0 unspecified atom stereocenters. The van der Waals surface area contributed by atoms with Gasteiger partial charge in [0.15, 0.2) is 0 Å². The summed E-state index contributed by atoms with van der Waals surface area (Å²) in [6.07, 6.45) is 6.21.